The number of Topliss-reactive ketones (excluding diaryl/α,β-unsaturated/α-hetero) is 1. The van der Waals surface area contributed by atoms with Crippen molar-refractivity contribution >= 4 is 17.6 Å². The van der Waals surface area contributed by atoms with Gasteiger partial charge in [0, 0.05) is 20.5 Å². The van der Waals surface area contributed by atoms with Crippen molar-refractivity contribution < 1.29 is 19.5 Å². The minimum Gasteiger partial charge on any atom is -0.383 e. The smallest absolute Gasteiger partial charge is 0.249 e. The van der Waals surface area contributed by atoms with Gasteiger partial charge < -0.3 is 15.3 Å². The van der Waals surface area contributed by atoms with Gasteiger partial charge in [-0.25, -0.2) is 0 Å². The van der Waals surface area contributed by atoms with Crippen LogP contribution in [0.2, 0.25) is 0 Å². The fraction of sp³-hybridized carbons (Fsp3) is 0.571. The first kappa shape index (κ1) is 22.8. The second kappa shape index (κ2) is 10.8. The molecule has 2 amide bonds. The highest BCUT2D eigenvalue weighted by atomic mass is 16.3. The number of rotatable bonds is 10. The van der Waals surface area contributed by atoms with E-state index in [-0.39, 0.29) is 30.6 Å². The molecule has 3 atom stereocenters. The summed E-state index contributed by atoms with van der Waals surface area (Å²) >= 11 is 0. The average Bonchev–Trinajstić information content (AvgIpc) is 2.62. The number of amides is 2. The normalized spacial score (nSPS) is 14.3. The predicted molar refractivity (Wildman–Crippen MR) is 105 cm³/mol. The molecule has 0 aliphatic carbocycles. The number of carbonyl (C=O) groups excluding carboxylic acids is 3. The lowest BCUT2D eigenvalue weighted by Gasteiger charge is -2.21. The average molecular weight is 376 g/mol. The summed E-state index contributed by atoms with van der Waals surface area (Å²) in [4.78, 5) is 38.4. The zero-order valence-corrected chi connectivity index (χ0v) is 16.9. The van der Waals surface area contributed by atoms with E-state index in [4.69, 9.17) is 0 Å². The number of nitrogens with zero attached hydrogens (tertiary/aromatic N) is 1. The number of likely N-dealkylation sites (N-methyl/N-ethyl adjacent to an activating group) is 1. The van der Waals surface area contributed by atoms with Gasteiger partial charge in [-0.1, -0.05) is 51.1 Å². The number of benzene rings is 1. The molecule has 0 aliphatic heterocycles. The van der Waals surface area contributed by atoms with Crippen LogP contribution in [0.15, 0.2) is 30.3 Å². The fourth-order valence-electron chi connectivity index (χ4n) is 3.07. The number of carbonyl (C=O) groups is 3. The third kappa shape index (κ3) is 7.51. The molecule has 6 heteroatoms. The minimum absolute atomic E-state index is 0.00104. The van der Waals surface area contributed by atoms with Gasteiger partial charge in [0.1, 0.15) is 6.10 Å². The number of aliphatic hydroxyl groups excluding tert-OH is 1. The Labute approximate surface area is 161 Å². The Kier molecular flexibility index (Phi) is 9.15. The van der Waals surface area contributed by atoms with E-state index in [1.165, 1.54) is 4.90 Å². The van der Waals surface area contributed by atoms with Crippen molar-refractivity contribution in [1.82, 2.24) is 10.2 Å². The Balaban J connectivity index is 2.67. The molecular formula is C21H32N2O4. The lowest BCUT2D eigenvalue weighted by Crippen LogP contribution is -2.41. The lowest BCUT2D eigenvalue weighted by atomic mass is 9.92. The molecule has 0 aromatic heterocycles. The van der Waals surface area contributed by atoms with Crippen molar-refractivity contribution in [1.29, 1.82) is 0 Å². The molecule has 1 rings (SSSR count). The van der Waals surface area contributed by atoms with Gasteiger partial charge in [0.05, 0.1) is 12.5 Å². The Morgan fingerprint density at radius 2 is 1.67 bits per heavy atom. The molecule has 27 heavy (non-hydrogen) atoms. The summed E-state index contributed by atoms with van der Waals surface area (Å²) in [7, 11) is 3.30. The van der Waals surface area contributed by atoms with Gasteiger partial charge in [-0.15, -0.1) is 0 Å². The largest absolute Gasteiger partial charge is 0.383 e. The molecule has 6 nitrogen and oxygen atoms in total. The monoisotopic (exact) mass is 376 g/mol. The standard InChI is InChI=1S/C21H32N2O4/c1-14(2)11-15(3)19(25)20(26)22-13-17(24)12-18(21(27)23(4)5)16-9-7-6-8-10-16/h6-10,14-15,18-19,25H,11-13H2,1-5H3,(H,22,26)/t15?,18-,19?/m0/s1. The van der Waals surface area contributed by atoms with E-state index in [0.717, 1.165) is 12.0 Å². The number of ketones is 1. The van der Waals surface area contributed by atoms with E-state index in [2.05, 4.69) is 5.32 Å². The van der Waals surface area contributed by atoms with Gasteiger partial charge in [-0.2, -0.15) is 0 Å². The molecule has 150 valence electrons. The van der Waals surface area contributed by atoms with Crippen LogP contribution in [0, 0.1) is 11.8 Å². The van der Waals surface area contributed by atoms with E-state index in [1.54, 1.807) is 14.1 Å². The molecule has 1 aromatic carbocycles. The van der Waals surface area contributed by atoms with E-state index >= 15 is 0 Å². The number of hydrogen-bond acceptors (Lipinski definition) is 4. The van der Waals surface area contributed by atoms with Crippen LogP contribution < -0.4 is 5.32 Å². The number of hydrogen-bond donors (Lipinski definition) is 2. The Bertz CT molecular complexity index is 628. The van der Waals surface area contributed by atoms with E-state index in [9.17, 15) is 19.5 Å². The lowest BCUT2D eigenvalue weighted by molar-refractivity contribution is -0.134. The Morgan fingerprint density at radius 3 is 2.19 bits per heavy atom. The van der Waals surface area contributed by atoms with E-state index < -0.39 is 17.9 Å². The molecule has 0 saturated carbocycles. The molecule has 0 heterocycles. The zero-order valence-electron chi connectivity index (χ0n) is 16.9. The molecule has 0 fully saturated rings. The van der Waals surface area contributed by atoms with Gasteiger partial charge in [0.25, 0.3) is 0 Å². The molecule has 0 bridgehead atoms. The van der Waals surface area contributed by atoms with Gasteiger partial charge in [-0.05, 0) is 23.8 Å². The Morgan fingerprint density at radius 1 is 1.07 bits per heavy atom. The van der Waals surface area contributed by atoms with Crippen molar-refractivity contribution in [3.63, 3.8) is 0 Å². The molecule has 2 N–H and O–H groups in total. The van der Waals surface area contributed by atoms with Gasteiger partial charge in [0.2, 0.25) is 11.8 Å². The first-order valence-electron chi connectivity index (χ1n) is 9.37. The van der Waals surface area contributed by atoms with Crippen LogP contribution in [-0.4, -0.2) is 54.3 Å². The summed E-state index contributed by atoms with van der Waals surface area (Å²) < 4.78 is 0. The molecule has 0 radical (unpaired) electrons. The number of nitrogens with one attached hydrogen (secondary N) is 1. The highest BCUT2D eigenvalue weighted by molar-refractivity contribution is 5.93. The van der Waals surface area contributed by atoms with Gasteiger partial charge in [0.15, 0.2) is 5.78 Å². The maximum atomic E-state index is 12.5. The van der Waals surface area contributed by atoms with Crippen molar-refractivity contribution in [3.8, 4) is 0 Å². The fourth-order valence-corrected chi connectivity index (χ4v) is 3.07. The molecule has 1 aromatic rings. The predicted octanol–water partition coefficient (Wildman–Crippen LogP) is 1.98. The molecule has 2 unspecified atom stereocenters. The van der Waals surface area contributed by atoms with E-state index in [0.29, 0.717) is 5.92 Å². The van der Waals surface area contributed by atoms with Crippen molar-refractivity contribution in [2.45, 2.75) is 45.6 Å². The van der Waals surface area contributed by atoms with Crippen LogP contribution in [0.5, 0.6) is 0 Å². The summed E-state index contributed by atoms with van der Waals surface area (Å²) in [6, 6.07) is 9.13. The van der Waals surface area contributed by atoms with Gasteiger partial charge in [-0.3, -0.25) is 14.4 Å². The summed E-state index contributed by atoms with van der Waals surface area (Å²) in [5, 5.41) is 12.6. The topological polar surface area (TPSA) is 86.7 Å². The summed E-state index contributed by atoms with van der Waals surface area (Å²) in [5.74, 6) is -1.37. The SMILES string of the molecule is CC(C)CC(C)C(O)C(=O)NCC(=O)C[C@H](C(=O)N(C)C)c1ccccc1. The summed E-state index contributed by atoms with van der Waals surface area (Å²) in [5.41, 5.74) is 0.765. The van der Waals surface area contributed by atoms with Crippen LogP contribution in [-0.2, 0) is 14.4 Å². The second-order valence-corrected chi connectivity index (χ2v) is 7.71. The first-order valence-corrected chi connectivity index (χ1v) is 9.37. The molecule has 0 saturated heterocycles. The van der Waals surface area contributed by atoms with Crippen LogP contribution in [0.1, 0.15) is 45.1 Å². The molecule has 0 aliphatic rings. The van der Waals surface area contributed by atoms with Crippen molar-refractivity contribution in [2.24, 2.45) is 11.8 Å². The Hall–Kier alpha value is -2.21. The maximum Gasteiger partial charge on any atom is 0.249 e. The summed E-state index contributed by atoms with van der Waals surface area (Å²) in [6.07, 6.45) is -0.428. The van der Waals surface area contributed by atoms with Crippen molar-refractivity contribution in [2.75, 3.05) is 20.6 Å². The van der Waals surface area contributed by atoms with Crippen LogP contribution in [0.25, 0.3) is 0 Å². The minimum atomic E-state index is -1.14. The van der Waals surface area contributed by atoms with Crippen molar-refractivity contribution in [3.05, 3.63) is 35.9 Å². The third-order valence-corrected chi connectivity index (χ3v) is 4.48. The number of aliphatic hydroxyl groups is 1. The van der Waals surface area contributed by atoms with Crippen LogP contribution >= 0.6 is 0 Å². The summed E-state index contributed by atoms with van der Waals surface area (Å²) in [6.45, 7) is 5.66. The van der Waals surface area contributed by atoms with Crippen LogP contribution in [0.4, 0.5) is 0 Å². The molecule has 0 spiro atoms. The van der Waals surface area contributed by atoms with Gasteiger partial charge >= 0.3 is 0 Å². The van der Waals surface area contributed by atoms with Crippen LogP contribution in [0.3, 0.4) is 0 Å². The second-order valence-electron chi connectivity index (χ2n) is 7.71. The zero-order chi connectivity index (χ0) is 20.6. The highest BCUT2D eigenvalue weighted by Gasteiger charge is 2.27. The van der Waals surface area contributed by atoms with E-state index in [1.807, 2.05) is 51.1 Å². The molecular weight excluding hydrogens is 344 g/mol. The maximum absolute atomic E-state index is 12.5. The highest BCUT2D eigenvalue weighted by Crippen LogP contribution is 2.22. The third-order valence-electron chi connectivity index (χ3n) is 4.48. The first-order chi connectivity index (χ1) is 12.6. The quantitative estimate of drug-likeness (QED) is 0.654.